The van der Waals surface area contributed by atoms with E-state index in [4.69, 9.17) is 0 Å². The van der Waals surface area contributed by atoms with Crippen LogP contribution < -0.4 is 0 Å². The number of hydrogen-bond acceptors (Lipinski definition) is 0. The summed E-state index contributed by atoms with van der Waals surface area (Å²) in [6.07, 6.45) is 1.25. The van der Waals surface area contributed by atoms with Crippen LogP contribution >= 0.6 is 0 Å². The number of hydrogen-bond donors (Lipinski definition) is 0. The Hall–Kier alpha value is -3.12. The molecule has 34 heavy (non-hydrogen) atoms. The van der Waals surface area contributed by atoms with Gasteiger partial charge in [-0.1, -0.05) is 147 Å². The van der Waals surface area contributed by atoms with E-state index in [2.05, 4.69) is 113 Å². The summed E-state index contributed by atoms with van der Waals surface area (Å²) in [5.41, 5.74) is 5.76. The number of rotatable bonds is 0. The Labute approximate surface area is 206 Å². The molecule has 5 aromatic rings. The zero-order chi connectivity index (χ0) is 24.9. The van der Waals surface area contributed by atoms with Crippen molar-refractivity contribution < 1.29 is 0 Å². The fourth-order valence-electron chi connectivity index (χ4n) is 5.09. The third kappa shape index (κ3) is 4.11. The molecule has 0 aliphatic heterocycles. The second-order valence-electron chi connectivity index (χ2n) is 8.91. The van der Waals surface area contributed by atoms with Crippen molar-refractivity contribution in [1.82, 2.24) is 0 Å². The van der Waals surface area contributed by atoms with Crippen LogP contribution in [0.5, 0.6) is 0 Å². The molecule has 0 N–H and O–H groups in total. The van der Waals surface area contributed by atoms with Gasteiger partial charge in [-0.2, -0.15) is 0 Å². The van der Waals surface area contributed by atoms with Crippen LogP contribution in [0.2, 0.25) is 0 Å². The lowest BCUT2D eigenvalue weighted by Crippen LogP contribution is -2.14. The molecule has 0 radical (unpaired) electrons. The minimum atomic E-state index is 0.0224. The Bertz CT molecular complexity index is 1400. The largest absolute Gasteiger partial charge is 0.0683 e. The second-order valence-corrected chi connectivity index (χ2v) is 8.91. The van der Waals surface area contributed by atoms with Crippen molar-refractivity contribution in [2.24, 2.45) is 0 Å². The molecule has 0 heteroatoms. The molecule has 5 aromatic carbocycles. The van der Waals surface area contributed by atoms with Crippen LogP contribution in [0.4, 0.5) is 0 Å². The number of benzene rings is 5. The van der Waals surface area contributed by atoms with Crippen LogP contribution in [0.15, 0.2) is 84.9 Å². The Balaban J connectivity index is 0.000000423. The number of fused-ring (bicyclic) bond motifs is 9. The van der Waals surface area contributed by atoms with Gasteiger partial charge < -0.3 is 0 Å². The lowest BCUT2D eigenvalue weighted by Gasteiger charge is -2.21. The molecule has 1 aliphatic rings. The summed E-state index contributed by atoms with van der Waals surface area (Å²) < 4.78 is 0. The first kappa shape index (κ1) is 25.5. The van der Waals surface area contributed by atoms with E-state index in [1.54, 1.807) is 0 Å². The monoisotopic (exact) mass is 448 g/mol. The molecule has 0 heterocycles. The van der Waals surface area contributed by atoms with Crippen molar-refractivity contribution in [2.75, 3.05) is 0 Å². The Morgan fingerprint density at radius 2 is 0.882 bits per heavy atom. The highest BCUT2D eigenvalue weighted by atomic mass is 14.4. The van der Waals surface area contributed by atoms with Gasteiger partial charge in [-0.05, 0) is 54.6 Å². The molecular formula is C34H40. The summed E-state index contributed by atoms with van der Waals surface area (Å²) in [6, 6.07) is 31.4. The maximum Gasteiger partial charge on any atom is 0.0159 e. The van der Waals surface area contributed by atoms with E-state index < -0.39 is 0 Å². The first-order valence-electron chi connectivity index (χ1n) is 13.1. The summed E-state index contributed by atoms with van der Waals surface area (Å²) in [7, 11) is 0. The molecule has 0 amide bonds. The van der Waals surface area contributed by atoms with Gasteiger partial charge >= 0.3 is 0 Å². The zero-order valence-electron chi connectivity index (χ0n) is 22.3. The van der Waals surface area contributed by atoms with Crippen molar-refractivity contribution in [2.45, 2.75) is 67.2 Å². The van der Waals surface area contributed by atoms with Gasteiger partial charge in [0.2, 0.25) is 0 Å². The Morgan fingerprint density at radius 1 is 0.471 bits per heavy atom. The van der Waals surface area contributed by atoms with E-state index in [-0.39, 0.29) is 5.41 Å². The van der Waals surface area contributed by atoms with Gasteiger partial charge in [0.15, 0.2) is 0 Å². The SMILES string of the molecule is CC.CC.CC1(C)c2ccc3ccccc3c2-c2c1ccc1c2ccc2ccccc21.CCC. The summed E-state index contributed by atoms with van der Waals surface area (Å²) in [5, 5.41) is 8.04. The molecule has 0 saturated heterocycles. The van der Waals surface area contributed by atoms with E-state index in [0.29, 0.717) is 0 Å². The lowest BCUT2D eigenvalue weighted by atomic mass is 9.81. The molecule has 0 unspecified atom stereocenters. The Kier molecular flexibility index (Phi) is 8.15. The van der Waals surface area contributed by atoms with Gasteiger partial charge in [-0.3, -0.25) is 0 Å². The molecule has 0 saturated carbocycles. The van der Waals surface area contributed by atoms with Crippen molar-refractivity contribution in [3.05, 3.63) is 96.1 Å². The van der Waals surface area contributed by atoms with E-state index in [1.807, 2.05) is 27.7 Å². The van der Waals surface area contributed by atoms with E-state index in [0.717, 1.165) is 0 Å². The van der Waals surface area contributed by atoms with Gasteiger partial charge in [0.25, 0.3) is 0 Å². The normalized spacial score (nSPS) is 12.5. The highest BCUT2D eigenvalue weighted by Crippen LogP contribution is 2.53. The zero-order valence-corrected chi connectivity index (χ0v) is 22.3. The van der Waals surface area contributed by atoms with Crippen LogP contribution in [-0.4, -0.2) is 0 Å². The van der Waals surface area contributed by atoms with E-state index in [9.17, 15) is 0 Å². The maximum absolute atomic E-state index is 2.36. The minimum absolute atomic E-state index is 0.0224. The summed E-state index contributed by atoms with van der Waals surface area (Å²) in [5.74, 6) is 0. The standard InChI is InChI=1S/C27H20.C3H8.2C2H6/c1-27(2)23-15-12-18-8-4-6-10-20(18)25(23)26-22-13-11-17-7-3-5-9-19(17)21(22)14-16-24(26)27;1-3-2;2*1-2/h3-16H,1-2H3;3H2,1-2H3;2*1-2H3. The van der Waals surface area contributed by atoms with Crippen LogP contribution in [-0.2, 0) is 5.41 Å². The third-order valence-electron chi connectivity index (χ3n) is 6.45. The fourth-order valence-corrected chi connectivity index (χ4v) is 5.09. The summed E-state index contributed by atoms with van der Waals surface area (Å²) >= 11 is 0. The molecule has 0 nitrogen and oxygen atoms in total. The van der Waals surface area contributed by atoms with Crippen molar-refractivity contribution in [3.8, 4) is 11.1 Å². The molecule has 176 valence electrons. The van der Waals surface area contributed by atoms with E-state index in [1.165, 1.54) is 61.0 Å². The fraction of sp³-hybridized carbons (Fsp3) is 0.294. The molecule has 0 aromatic heterocycles. The minimum Gasteiger partial charge on any atom is -0.0683 e. The van der Waals surface area contributed by atoms with Crippen LogP contribution in [0.3, 0.4) is 0 Å². The first-order chi connectivity index (χ1) is 16.6. The smallest absolute Gasteiger partial charge is 0.0159 e. The quantitative estimate of drug-likeness (QED) is 0.207. The lowest BCUT2D eigenvalue weighted by molar-refractivity contribution is 0.661. The molecule has 0 fully saturated rings. The highest BCUT2D eigenvalue weighted by Gasteiger charge is 2.37. The van der Waals surface area contributed by atoms with Crippen LogP contribution in [0.1, 0.15) is 72.9 Å². The maximum atomic E-state index is 2.36. The average molecular weight is 449 g/mol. The average Bonchev–Trinajstić information content (AvgIpc) is 3.14. The summed E-state index contributed by atoms with van der Waals surface area (Å²) in [6.45, 7) is 17.0. The predicted octanol–water partition coefficient (Wildman–Crippen LogP) is 10.9. The molecule has 6 rings (SSSR count). The van der Waals surface area contributed by atoms with Gasteiger partial charge in [-0.15, -0.1) is 0 Å². The second kappa shape index (κ2) is 10.9. The molecule has 0 bridgehead atoms. The molecule has 0 spiro atoms. The summed E-state index contributed by atoms with van der Waals surface area (Å²) in [4.78, 5) is 0. The van der Waals surface area contributed by atoms with Gasteiger partial charge in [0.1, 0.15) is 0 Å². The topological polar surface area (TPSA) is 0 Å². The third-order valence-corrected chi connectivity index (χ3v) is 6.45. The van der Waals surface area contributed by atoms with E-state index >= 15 is 0 Å². The van der Waals surface area contributed by atoms with Crippen LogP contribution in [0.25, 0.3) is 43.4 Å². The molecular weight excluding hydrogens is 408 g/mol. The van der Waals surface area contributed by atoms with Gasteiger partial charge in [0, 0.05) is 5.41 Å². The first-order valence-corrected chi connectivity index (χ1v) is 13.1. The molecule has 1 aliphatic carbocycles. The van der Waals surface area contributed by atoms with Crippen molar-refractivity contribution in [1.29, 1.82) is 0 Å². The molecule has 0 atom stereocenters. The predicted molar refractivity (Wildman–Crippen MR) is 155 cm³/mol. The van der Waals surface area contributed by atoms with Crippen molar-refractivity contribution in [3.63, 3.8) is 0 Å². The van der Waals surface area contributed by atoms with Crippen molar-refractivity contribution >= 4 is 32.3 Å². The van der Waals surface area contributed by atoms with Crippen LogP contribution in [0, 0.1) is 0 Å². The van der Waals surface area contributed by atoms with Gasteiger partial charge in [0.05, 0.1) is 0 Å². The highest BCUT2D eigenvalue weighted by molar-refractivity contribution is 6.17. The van der Waals surface area contributed by atoms with Gasteiger partial charge in [-0.25, -0.2) is 0 Å². The Morgan fingerprint density at radius 3 is 1.50 bits per heavy atom.